The number of esters is 1. The maximum absolute atomic E-state index is 11.7. The molecule has 2 aromatic rings. The van der Waals surface area contributed by atoms with E-state index in [0.29, 0.717) is 12.2 Å². The molecule has 0 aromatic heterocycles. The van der Waals surface area contributed by atoms with Gasteiger partial charge in [-0.1, -0.05) is 42.5 Å². The Labute approximate surface area is 101 Å². The summed E-state index contributed by atoms with van der Waals surface area (Å²) in [7, 11) is 0. The summed E-state index contributed by atoms with van der Waals surface area (Å²) in [5.74, 6) is -0.283. The van der Waals surface area contributed by atoms with Crippen molar-refractivity contribution in [3.05, 3.63) is 60.2 Å². The molecule has 0 amide bonds. The fourth-order valence-electron chi connectivity index (χ4n) is 1.62. The van der Waals surface area contributed by atoms with E-state index in [1.165, 1.54) is 0 Å². The number of rotatable bonds is 3. The minimum absolute atomic E-state index is 0.283. The Morgan fingerprint density at radius 2 is 1.94 bits per heavy atom. The molecular formula is C15H14O2. The zero-order chi connectivity index (χ0) is 12.1. The minimum Gasteiger partial charge on any atom is -0.458 e. The highest BCUT2D eigenvalue weighted by atomic mass is 16.5. The molecule has 0 radical (unpaired) electrons. The molecule has 0 spiro atoms. The first kappa shape index (κ1) is 11.4. The van der Waals surface area contributed by atoms with Crippen LogP contribution in [0.1, 0.15) is 17.3 Å². The molecule has 0 aliphatic carbocycles. The second-order valence-corrected chi connectivity index (χ2v) is 3.73. The summed E-state index contributed by atoms with van der Waals surface area (Å²) in [5, 5.41) is 2.17. The van der Waals surface area contributed by atoms with E-state index in [0.717, 1.165) is 10.8 Å². The van der Waals surface area contributed by atoms with Gasteiger partial charge in [0.1, 0.15) is 6.61 Å². The fraction of sp³-hybridized carbons (Fsp3) is 0.133. The number of hydrogen-bond acceptors (Lipinski definition) is 2. The number of carbonyl (C=O) groups excluding carboxylic acids is 1. The number of ether oxygens (including phenoxy) is 1. The first-order valence-corrected chi connectivity index (χ1v) is 5.58. The van der Waals surface area contributed by atoms with Gasteiger partial charge in [-0.2, -0.15) is 0 Å². The van der Waals surface area contributed by atoms with Gasteiger partial charge in [-0.05, 0) is 29.8 Å². The van der Waals surface area contributed by atoms with Crippen molar-refractivity contribution < 1.29 is 9.53 Å². The van der Waals surface area contributed by atoms with Crippen molar-refractivity contribution in [2.75, 3.05) is 6.61 Å². The van der Waals surface area contributed by atoms with Gasteiger partial charge in [0.15, 0.2) is 0 Å². The summed E-state index contributed by atoms with van der Waals surface area (Å²) in [6, 6.07) is 13.5. The molecule has 2 heteroatoms. The van der Waals surface area contributed by atoms with E-state index in [1.54, 1.807) is 12.1 Å². The van der Waals surface area contributed by atoms with E-state index in [4.69, 9.17) is 4.74 Å². The molecule has 2 nitrogen and oxygen atoms in total. The number of hydrogen-bond donors (Lipinski definition) is 0. The Morgan fingerprint density at radius 3 is 2.71 bits per heavy atom. The van der Waals surface area contributed by atoms with Crippen LogP contribution in [0.15, 0.2) is 54.6 Å². The first-order chi connectivity index (χ1) is 8.31. The Hall–Kier alpha value is -2.09. The number of allylic oxidation sites excluding steroid dienone is 1. The van der Waals surface area contributed by atoms with Gasteiger partial charge < -0.3 is 4.74 Å². The van der Waals surface area contributed by atoms with E-state index in [1.807, 2.05) is 49.4 Å². The highest BCUT2D eigenvalue weighted by Gasteiger charge is 2.06. The first-order valence-electron chi connectivity index (χ1n) is 5.58. The smallest absolute Gasteiger partial charge is 0.338 e. The van der Waals surface area contributed by atoms with Gasteiger partial charge in [0.2, 0.25) is 0 Å². The maximum atomic E-state index is 11.7. The van der Waals surface area contributed by atoms with Crippen LogP contribution in [-0.2, 0) is 4.74 Å². The van der Waals surface area contributed by atoms with Gasteiger partial charge in [0.05, 0.1) is 5.56 Å². The largest absolute Gasteiger partial charge is 0.458 e. The highest BCUT2D eigenvalue weighted by molar-refractivity contribution is 5.95. The second-order valence-electron chi connectivity index (χ2n) is 3.73. The molecule has 0 bridgehead atoms. The lowest BCUT2D eigenvalue weighted by atomic mass is 10.1. The quantitative estimate of drug-likeness (QED) is 0.590. The minimum atomic E-state index is -0.283. The van der Waals surface area contributed by atoms with E-state index >= 15 is 0 Å². The van der Waals surface area contributed by atoms with Crippen molar-refractivity contribution in [2.45, 2.75) is 6.92 Å². The molecule has 0 saturated carbocycles. The topological polar surface area (TPSA) is 26.3 Å². The Balaban J connectivity index is 2.21. The van der Waals surface area contributed by atoms with Crippen LogP contribution in [0.3, 0.4) is 0 Å². The molecule has 0 aliphatic heterocycles. The van der Waals surface area contributed by atoms with Crippen LogP contribution in [0.2, 0.25) is 0 Å². The van der Waals surface area contributed by atoms with Crippen LogP contribution < -0.4 is 0 Å². The van der Waals surface area contributed by atoms with Gasteiger partial charge in [0, 0.05) is 0 Å². The standard InChI is InChI=1S/C15H14O2/c1-2-3-10-17-15(16)14-9-8-12-6-4-5-7-13(12)11-14/h2-9,11H,10H2,1H3. The molecule has 17 heavy (non-hydrogen) atoms. The normalized spacial score (nSPS) is 10.9. The third kappa shape index (κ3) is 2.72. The van der Waals surface area contributed by atoms with Crippen molar-refractivity contribution in [2.24, 2.45) is 0 Å². The monoisotopic (exact) mass is 226 g/mol. The molecule has 0 heterocycles. The number of carbonyl (C=O) groups is 1. The van der Waals surface area contributed by atoms with Crippen molar-refractivity contribution in [1.82, 2.24) is 0 Å². The summed E-state index contributed by atoms with van der Waals surface area (Å²) in [4.78, 5) is 11.7. The molecule has 0 saturated heterocycles. The van der Waals surface area contributed by atoms with Gasteiger partial charge in [-0.25, -0.2) is 4.79 Å². The van der Waals surface area contributed by atoms with E-state index < -0.39 is 0 Å². The van der Waals surface area contributed by atoms with Crippen molar-refractivity contribution in [3.63, 3.8) is 0 Å². The zero-order valence-electron chi connectivity index (χ0n) is 9.72. The summed E-state index contributed by atoms with van der Waals surface area (Å²) in [5.41, 5.74) is 0.591. The lowest BCUT2D eigenvalue weighted by molar-refractivity contribution is 0.0549. The molecule has 0 N–H and O–H groups in total. The summed E-state index contributed by atoms with van der Waals surface area (Å²) in [6.07, 6.45) is 3.66. The van der Waals surface area contributed by atoms with Crippen LogP contribution in [0, 0.1) is 0 Å². The van der Waals surface area contributed by atoms with Crippen molar-refractivity contribution in [1.29, 1.82) is 0 Å². The third-order valence-electron chi connectivity index (χ3n) is 2.53. The summed E-state index contributed by atoms with van der Waals surface area (Å²) >= 11 is 0. The molecule has 0 fully saturated rings. The average molecular weight is 226 g/mol. The predicted molar refractivity (Wildman–Crippen MR) is 69.0 cm³/mol. The van der Waals surface area contributed by atoms with Gasteiger partial charge in [0.25, 0.3) is 0 Å². The molecule has 86 valence electrons. The molecule has 0 atom stereocenters. The van der Waals surface area contributed by atoms with Crippen LogP contribution in [-0.4, -0.2) is 12.6 Å². The lowest BCUT2D eigenvalue weighted by Gasteiger charge is -2.03. The fourth-order valence-corrected chi connectivity index (χ4v) is 1.62. The summed E-state index contributed by atoms with van der Waals surface area (Å²) < 4.78 is 5.09. The van der Waals surface area contributed by atoms with Crippen LogP contribution in [0.5, 0.6) is 0 Å². The number of fused-ring (bicyclic) bond motifs is 1. The molecular weight excluding hydrogens is 212 g/mol. The SMILES string of the molecule is CC=CCOC(=O)c1ccc2ccccc2c1. The average Bonchev–Trinajstić information content (AvgIpc) is 2.38. The second kappa shape index (κ2) is 5.30. The van der Waals surface area contributed by atoms with Crippen LogP contribution in [0.25, 0.3) is 10.8 Å². The van der Waals surface area contributed by atoms with Gasteiger partial charge in [-0.15, -0.1) is 0 Å². The van der Waals surface area contributed by atoms with Crippen LogP contribution >= 0.6 is 0 Å². The van der Waals surface area contributed by atoms with Crippen LogP contribution in [0.4, 0.5) is 0 Å². The zero-order valence-corrected chi connectivity index (χ0v) is 9.72. The lowest BCUT2D eigenvalue weighted by Crippen LogP contribution is -2.04. The molecule has 2 rings (SSSR count). The van der Waals surface area contributed by atoms with Gasteiger partial charge >= 0.3 is 5.97 Å². The number of benzene rings is 2. The van der Waals surface area contributed by atoms with Crippen molar-refractivity contribution in [3.8, 4) is 0 Å². The summed E-state index contributed by atoms with van der Waals surface area (Å²) in [6.45, 7) is 2.21. The van der Waals surface area contributed by atoms with E-state index in [-0.39, 0.29) is 5.97 Å². The Morgan fingerprint density at radius 1 is 1.18 bits per heavy atom. The Bertz CT molecular complexity index is 556. The third-order valence-corrected chi connectivity index (χ3v) is 2.53. The molecule has 0 unspecified atom stereocenters. The van der Waals surface area contributed by atoms with E-state index in [9.17, 15) is 4.79 Å². The van der Waals surface area contributed by atoms with Gasteiger partial charge in [-0.3, -0.25) is 0 Å². The van der Waals surface area contributed by atoms with E-state index in [2.05, 4.69) is 0 Å². The molecule has 2 aromatic carbocycles. The molecule has 0 aliphatic rings. The maximum Gasteiger partial charge on any atom is 0.338 e. The predicted octanol–water partition coefficient (Wildman–Crippen LogP) is 3.57. The Kier molecular flexibility index (Phi) is 3.55. The van der Waals surface area contributed by atoms with Crippen molar-refractivity contribution >= 4 is 16.7 Å². The highest BCUT2D eigenvalue weighted by Crippen LogP contribution is 2.16.